The zero-order valence-electron chi connectivity index (χ0n) is 17.2. The fourth-order valence-electron chi connectivity index (χ4n) is 4.66. The van der Waals surface area contributed by atoms with Crippen molar-refractivity contribution in [3.05, 3.63) is 53.3 Å². The van der Waals surface area contributed by atoms with Crippen LogP contribution in [0.5, 0.6) is 0 Å². The molecule has 2 aliphatic rings. The number of aryl methyl sites for hydroxylation is 1. The summed E-state index contributed by atoms with van der Waals surface area (Å²) in [6, 6.07) is 9.50. The third-order valence-corrected chi connectivity index (χ3v) is 6.49. The first-order valence-electron chi connectivity index (χ1n) is 10.3. The van der Waals surface area contributed by atoms with Gasteiger partial charge in [-0.3, -0.25) is 14.7 Å². The summed E-state index contributed by atoms with van der Waals surface area (Å²) in [5, 5.41) is 10.9. The summed E-state index contributed by atoms with van der Waals surface area (Å²) in [5.74, 6) is -0.484. The van der Waals surface area contributed by atoms with Gasteiger partial charge in [-0.1, -0.05) is 18.2 Å². The van der Waals surface area contributed by atoms with Crippen LogP contribution in [0.25, 0.3) is 33.5 Å². The standard InChI is InChI=1S/C23H19N7O2/c1-10-5-6-14-12(9-26-30-14)15(10)18-16(24)19(20(25)31)28-21(27-18)11-3-2-4-13-17(11)29-22(32)23(13)7-8-23/h2-6,9H,7-8,24H2,1H3,(H2,25,31)(H,26,30)(H,29,32). The highest BCUT2D eigenvalue weighted by Gasteiger charge is 2.56. The van der Waals surface area contributed by atoms with Crippen LogP contribution in [-0.4, -0.2) is 32.0 Å². The van der Waals surface area contributed by atoms with Crippen molar-refractivity contribution in [3.63, 3.8) is 0 Å². The number of nitrogens with one attached hydrogen (secondary N) is 2. The van der Waals surface area contributed by atoms with E-state index in [1.807, 2.05) is 37.3 Å². The first-order chi connectivity index (χ1) is 15.4. The van der Waals surface area contributed by atoms with Crippen LogP contribution >= 0.6 is 0 Å². The number of nitrogens with zero attached hydrogens (tertiary/aromatic N) is 3. The highest BCUT2D eigenvalue weighted by atomic mass is 16.2. The Morgan fingerprint density at radius 2 is 1.97 bits per heavy atom. The number of nitrogens with two attached hydrogens (primary N) is 2. The number of benzene rings is 2. The number of fused-ring (bicyclic) bond motifs is 3. The molecule has 0 radical (unpaired) electrons. The molecule has 6 rings (SSSR count). The zero-order valence-corrected chi connectivity index (χ0v) is 17.2. The van der Waals surface area contributed by atoms with Crippen LogP contribution in [0.15, 0.2) is 36.5 Å². The summed E-state index contributed by atoms with van der Waals surface area (Å²) in [4.78, 5) is 34.1. The second-order valence-corrected chi connectivity index (χ2v) is 8.38. The van der Waals surface area contributed by atoms with Crippen molar-refractivity contribution in [2.45, 2.75) is 25.2 Å². The summed E-state index contributed by atoms with van der Waals surface area (Å²) in [7, 11) is 0. The summed E-state index contributed by atoms with van der Waals surface area (Å²) < 4.78 is 0. The monoisotopic (exact) mass is 425 g/mol. The van der Waals surface area contributed by atoms with Crippen molar-refractivity contribution in [3.8, 4) is 22.6 Å². The molecule has 6 N–H and O–H groups in total. The number of aromatic amines is 1. The number of hydrogen-bond acceptors (Lipinski definition) is 6. The smallest absolute Gasteiger partial charge is 0.269 e. The van der Waals surface area contributed by atoms with Gasteiger partial charge in [0.25, 0.3) is 5.91 Å². The number of hydrogen-bond donors (Lipinski definition) is 4. The molecule has 3 heterocycles. The van der Waals surface area contributed by atoms with Gasteiger partial charge in [-0.15, -0.1) is 0 Å². The van der Waals surface area contributed by atoms with Crippen LogP contribution < -0.4 is 16.8 Å². The number of rotatable bonds is 3. The van der Waals surface area contributed by atoms with Crippen LogP contribution in [0.4, 0.5) is 11.4 Å². The predicted octanol–water partition coefficient (Wildman–Crippen LogP) is 2.66. The van der Waals surface area contributed by atoms with E-state index in [0.29, 0.717) is 16.9 Å². The number of carbonyl (C=O) groups excluding carboxylic acids is 2. The van der Waals surface area contributed by atoms with E-state index in [0.717, 1.165) is 40.4 Å². The van der Waals surface area contributed by atoms with Gasteiger partial charge in [0, 0.05) is 16.5 Å². The first kappa shape index (κ1) is 18.5. The topological polar surface area (TPSA) is 153 Å². The van der Waals surface area contributed by atoms with Gasteiger partial charge in [-0.25, -0.2) is 9.97 Å². The second kappa shape index (κ2) is 6.13. The Balaban J connectivity index is 1.64. The molecule has 0 bridgehead atoms. The van der Waals surface area contributed by atoms with E-state index in [4.69, 9.17) is 16.5 Å². The molecule has 1 aliphatic carbocycles. The number of amides is 2. The number of H-pyrrole nitrogens is 1. The maximum absolute atomic E-state index is 12.6. The molecule has 0 unspecified atom stereocenters. The van der Waals surface area contributed by atoms with Crippen LogP contribution in [0.1, 0.15) is 34.5 Å². The molecule has 158 valence electrons. The Hall–Kier alpha value is -4.27. The summed E-state index contributed by atoms with van der Waals surface area (Å²) >= 11 is 0. The Labute approximate surface area is 182 Å². The number of aromatic nitrogens is 4. The van der Waals surface area contributed by atoms with Gasteiger partial charge in [-0.2, -0.15) is 5.10 Å². The first-order valence-corrected chi connectivity index (χ1v) is 10.3. The van der Waals surface area contributed by atoms with E-state index in [1.54, 1.807) is 6.20 Å². The molecule has 2 aromatic heterocycles. The molecule has 0 saturated heterocycles. The van der Waals surface area contributed by atoms with Gasteiger partial charge in [-0.05, 0) is 43.0 Å². The average molecular weight is 425 g/mol. The van der Waals surface area contributed by atoms with Crippen molar-refractivity contribution in [1.29, 1.82) is 0 Å². The minimum Gasteiger partial charge on any atom is -0.395 e. The fourth-order valence-corrected chi connectivity index (χ4v) is 4.66. The molecule has 1 aliphatic heterocycles. The van der Waals surface area contributed by atoms with Crippen molar-refractivity contribution in [1.82, 2.24) is 20.2 Å². The lowest BCUT2D eigenvalue weighted by molar-refractivity contribution is -0.117. The number of carbonyl (C=O) groups is 2. The third kappa shape index (κ3) is 2.36. The van der Waals surface area contributed by atoms with E-state index in [-0.39, 0.29) is 23.1 Å². The van der Waals surface area contributed by atoms with Crippen LogP contribution in [0.2, 0.25) is 0 Å². The maximum Gasteiger partial charge on any atom is 0.269 e. The molecule has 9 heteroatoms. The van der Waals surface area contributed by atoms with Crippen LogP contribution in [0, 0.1) is 6.92 Å². The summed E-state index contributed by atoms with van der Waals surface area (Å²) in [6.45, 7) is 1.93. The largest absolute Gasteiger partial charge is 0.395 e. The van der Waals surface area contributed by atoms with E-state index >= 15 is 0 Å². The van der Waals surface area contributed by atoms with Gasteiger partial charge >= 0.3 is 0 Å². The lowest BCUT2D eigenvalue weighted by Crippen LogP contribution is -2.18. The van der Waals surface area contributed by atoms with E-state index in [9.17, 15) is 9.59 Å². The third-order valence-electron chi connectivity index (χ3n) is 6.49. The molecule has 2 aromatic carbocycles. The predicted molar refractivity (Wildman–Crippen MR) is 120 cm³/mol. The molecule has 1 spiro atoms. The van der Waals surface area contributed by atoms with E-state index in [2.05, 4.69) is 20.5 Å². The second-order valence-electron chi connectivity index (χ2n) is 8.38. The highest BCUT2D eigenvalue weighted by Crippen LogP contribution is 2.56. The van der Waals surface area contributed by atoms with Crippen molar-refractivity contribution >= 4 is 34.1 Å². The summed E-state index contributed by atoms with van der Waals surface area (Å²) in [5.41, 5.74) is 16.7. The van der Waals surface area contributed by atoms with Gasteiger partial charge in [0.05, 0.1) is 34.2 Å². The Kier molecular flexibility index (Phi) is 3.54. The fraction of sp³-hybridized carbons (Fsp3) is 0.174. The van der Waals surface area contributed by atoms with Crippen molar-refractivity contribution in [2.24, 2.45) is 5.73 Å². The average Bonchev–Trinajstić information content (AvgIpc) is 3.36. The molecule has 32 heavy (non-hydrogen) atoms. The van der Waals surface area contributed by atoms with Crippen molar-refractivity contribution in [2.75, 3.05) is 11.1 Å². The molecule has 4 aromatic rings. The molecule has 1 saturated carbocycles. The number of anilines is 2. The quantitative estimate of drug-likeness (QED) is 0.396. The van der Waals surface area contributed by atoms with Gasteiger partial charge < -0.3 is 16.8 Å². The number of para-hydroxylation sites is 1. The highest BCUT2D eigenvalue weighted by molar-refractivity contribution is 6.11. The zero-order chi connectivity index (χ0) is 22.2. The lowest BCUT2D eigenvalue weighted by Gasteiger charge is -2.15. The Bertz CT molecular complexity index is 1480. The van der Waals surface area contributed by atoms with Gasteiger partial charge in [0.1, 0.15) is 0 Å². The number of nitrogen functional groups attached to an aromatic ring is 1. The Morgan fingerprint density at radius 1 is 1.16 bits per heavy atom. The molecular weight excluding hydrogens is 406 g/mol. The lowest BCUT2D eigenvalue weighted by atomic mass is 9.95. The van der Waals surface area contributed by atoms with Gasteiger partial charge in [0.2, 0.25) is 5.91 Å². The normalized spacial score (nSPS) is 15.7. The molecule has 2 amide bonds. The molecule has 0 atom stereocenters. The van der Waals surface area contributed by atoms with E-state index in [1.165, 1.54) is 0 Å². The molecular formula is C23H19N7O2. The van der Waals surface area contributed by atoms with E-state index < -0.39 is 11.3 Å². The minimum atomic E-state index is -0.750. The number of primary amides is 1. The SMILES string of the molecule is Cc1ccc2[nH]ncc2c1-c1nc(-c2cccc3c2NC(=O)C32CC2)nc(C(N)=O)c1N. The van der Waals surface area contributed by atoms with Crippen LogP contribution in [0.3, 0.4) is 0 Å². The molecule has 1 fully saturated rings. The van der Waals surface area contributed by atoms with Crippen molar-refractivity contribution < 1.29 is 9.59 Å². The Morgan fingerprint density at radius 3 is 2.72 bits per heavy atom. The maximum atomic E-state index is 12.6. The minimum absolute atomic E-state index is 0.00949. The van der Waals surface area contributed by atoms with Crippen LogP contribution in [-0.2, 0) is 10.2 Å². The summed E-state index contributed by atoms with van der Waals surface area (Å²) in [6.07, 6.45) is 3.33. The molecule has 9 nitrogen and oxygen atoms in total. The van der Waals surface area contributed by atoms with Gasteiger partial charge in [0.15, 0.2) is 11.5 Å².